The Hall–Kier alpha value is -1.06. The molecule has 0 saturated heterocycles. The van der Waals surface area contributed by atoms with Crippen LogP contribution in [0.3, 0.4) is 0 Å². The summed E-state index contributed by atoms with van der Waals surface area (Å²) in [4.78, 5) is 0. The van der Waals surface area contributed by atoms with Gasteiger partial charge in [0.05, 0.1) is 0 Å². The lowest BCUT2D eigenvalue weighted by atomic mass is 9.97. The molecule has 3 heteroatoms. The van der Waals surface area contributed by atoms with Crippen LogP contribution in [-0.4, -0.2) is 13.1 Å². The van der Waals surface area contributed by atoms with Gasteiger partial charge in [0, 0.05) is 24.7 Å². The van der Waals surface area contributed by atoms with Crippen molar-refractivity contribution >= 4 is 5.69 Å². The molecule has 0 bridgehead atoms. The van der Waals surface area contributed by atoms with E-state index in [2.05, 4.69) is 6.07 Å². The molecule has 3 nitrogen and oxygen atoms in total. The molecule has 0 aliphatic heterocycles. The van der Waals surface area contributed by atoms with Gasteiger partial charge in [0.2, 0.25) is 0 Å². The molecule has 72 valence electrons. The van der Waals surface area contributed by atoms with E-state index >= 15 is 0 Å². The average Bonchev–Trinajstić information content (AvgIpc) is 2.13. The molecule has 0 heterocycles. The largest absolute Gasteiger partial charge is 0.399 e. The first-order valence-corrected chi connectivity index (χ1v) is 4.45. The van der Waals surface area contributed by atoms with Gasteiger partial charge in [0.15, 0.2) is 0 Å². The van der Waals surface area contributed by atoms with Gasteiger partial charge < -0.3 is 17.2 Å². The number of aryl methyl sites for hydroxylation is 1. The zero-order valence-electron chi connectivity index (χ0n) is 7.96. The van der Waals surface area contributed by atoms with Crippen molar-refractivity contribution in [3.8, 4) is 0 Å². The second-order valence-electron chi connectivity index (χ2n) is 3.28. The van der Waals surface area contributed by atoms with E-state index in [0.29, 0.717) is 13.1 Å². The monoisotopic (exact) mass is 179 g/mol. The van der Waals surface area contributed by atoms with E-state index in [1.54, 1.807) is 0 Å². The van der Waals surface area contributed by atoms with Crippen molar-refractivity contribution in [2.75, 3.05) is 18.8 Å². The molecule has 0 atom stereocenters. The molecule has 1 rings (SSSR count). The number of nitrogens with two attached hydrogens (primary N) is 3. The Morgan fingerprint density at radius 3 is 2.31 bits per heavy atom. The maximum atomic E-state index is 5.71. The van der Waals surface area contributed by atoms with E-state index in [9.17, 15) is 0 Å². The molecule has 13 heavy (non-hydrogen) atoms. The number of nitrogen functional groups attached to an aromatic ring is 1. The standard InChI is InChI=1S/C10H17N3/c1-7-4-8(2-3-10(7)13)9(5-11)6-12/h2-4,9H,5-6,11-13H2,1H3. The van der Waals surface area contributed by atoms with Gasteiger partial charge >= 0.3 is 0 Å². The molecular formula is C10H17N3. The van der Waals surface area contributed by atoms with Crippen molar-refractivity contribution in [1.82, 2.24) is 0 Å². The first-order valence-electron chi connectivity index (χ1n) is 4.45. The molecule has 0 spiro atoms. The number of hydrogen-bond donors (Lipinski definition) is 3. The van der Waals surface area contributed by atoms with E-state index in [0.717, 1.165) is 11.3 Å². The van der Waals surface area contributed by atoms with E-state index in [1.807, 2.05) is 19.1 Å². The number of anilines is 1. The van der Waals surface area contributed by atoms with Gasteiger partial charge in [-0.15, -0.1) is 0 Å². The molecular weight excluding hydrogens is 162 g/mol. The normalized spacial score (nSPS) is 10.8. The van der Waals surface area contributed by atoms with Crippen LogP contribution >= 0.6 is 0 Å². The molecule has 0 aromatic heterocycles. The summed E-state index contributed by atoms with van der Waals surface area (Å²) in [6.07, 6.45) is 0. The predicted molar refractivity (Wildman–Crippen MR) is 56.4 cm³/mol. The van der Waals surface area contributed by atoms with Crippen LogP contribution in [0.1, 0.15) is 17.0 Å². The molecule has 1 aromatic rings. The van der Waals surface area contributed by atoms with Crippen molar-refractivity contribution in [1.29, 1.82) is 0 Å². The summed E-state index contributed by atoms with van der Waals surface area (Å²) >= 11 is 0. The molecule has 0 aliphatic carbocycles. The topological polar surface area (TPSA) is 78.1 Å². The maximum absolute atomic E-state index is 5.71. The lowest BCUT2D eigenvalue weighted by Gasteiger charge is -2.13. The van der Waals surface area contributed by atoms with Gasteiger partial charge in [0.25, 0.3) is 0 Å². The number of hydrogen-bond acceptors (Lipinski definition) is 3. The van der Waals surface area contributed by atoms with Gasteiger partial charge in [-0.2, -0.15) is 0 Å². The fourth-order valence-corrected chi connectivity index (χ4v) is 1.32. The second-order valence-corrected chi connectivity index (χ2v) is 3.28. The first-order chi connectivity index (χ1) is 6.19. The molecule has 0 saturated carbocycles. The lowest BCUT2D eigenvalue weighted by Crippen LogP contribution is -2.21. The predicted octanol–water partition coefficient (Wildman–Crippen LogP) is 0.578. The highest BCUT2D eigenvalue weighted by Gasteiger charge is 2.07. The first kappa shape index (κ1) is 10.0. The summed E-state index contributed by atoms with van der Waals surface area (Å²) in [6.45, 7) is 3.16. The summed E-state index contributed by atoms with van der Waals surface area (Å²) in [5.74, 6) is 0.249. The van der Waals surface area contributed by atoms with Gasteiger partial charge in [-0.3, -0.25) is 0 Å². The second kappa shape index (κ2) is 4.25. The molecule has 0 aliphatic rings. The summed E-state index contributed by atoms with van der Waals surface area (Å²) in [5, 5.41) is 0. The summed E-state index contributed by atoms with van der Waals surface area (Å²) < 4.78 is 0. The van der Waals surface area contributed by atoms with Crippen molar-refractivity contribution in [3.05, 3.63) is 29.3 Å². The van der Waals surface area contributed by atoms with Crippen LogP contribution in [0.4, 0.5) is 5.69 Å². The Labute approximate surface area is 78.9 Å². The summed E-state index contributed by atoms with van der Waals surface area (Å²) in [7, 11) is 0. The molecule has 0 fully saturated rings. The highest BCUT2D eigenvalue weighted by molar-refractivity contribution is 5.48. The quantitative estimate of drug-likeness (QED) is 0.594. The summed E-state index contributed by atoms with van der Waals surface area (Å²) in [5.41, 5.74) is 20.0. The molecule has 0 radical (unpaired) electrons. The van der Waals surface area contributed by atoms with E-state index in [1.165, 1.54) is 5.56 Å². The Morgan fingerprint density at radius 1 is 1.23 bits per heavy atom. The van der Waals surface area contributed by atoms with Gasteiger partial charge in [-0.25, -0.2) is 0 Å². The minimum absolute atomic E-state index is 0.249. The van der Waals surface area contributed by atoms with Crippen LogP contribution in [0.15, 0.2) is 18.2 Å². The highest BCUT2D eigenvalue weighted by atomic mass is 14.6. The third-order valence-electron chi connectivity index (χ3n) is 2.33. The Bertz CT molecular complexity index is 279. The van der Waals surface area contributed by atoms with E-state index in [4.69, 9.17) is 17.2 Å². The smallest absolute Gasteiger partial charge is 0.0343 e. The van der Waals surface area contributed by atoms with Crippen molar-refractivity contribution < 1.29 is 0 Å². The summed E-state index contributed by atoms with van der Waals surface area (Å²) in [6, 6.07) is 5.95. The average molecular weight is 179 g/mol. The molecule has 0 unspecified atom stereocenters. The third kappa shape index (κ3) is 2.20. The highest BCUT2D eigenvalue weighted by Crippen LogP contribution is 2.18. The van der Waals surface area contributed by atoms with Gasteiger partial charge in [-0.1, -0.05) is 12.1 Å². The van der Waals surface area contributed by atoms with Crippen LogP contribution in [-0.2, 0) is 0 Å². The van der Waals surface area contributed by atoms with Crippen molar-refractivity contribution in [2.24, 2.45) is 11.5 Å². The van der Waals surface area contributed by atoms with E-state index in [-0.39, 0.29) is 5.92 Å². The third-order valence-corrected chi connectivity index (χ3v) is 2.33. The minimum atomic E-state index is 0.249. The van der Waals surface area contributed by atoms with Crippen LogP contribution in [0, 0.1) is 6.92 Å². The number of benzene rings is 1. The number of rotatable bonds is 3. The SMILES string of the molecule is Cc1cc(C(CN)CN)ccc1N. The minimum Gasteiger partial charge on any atom is -0.399 e. The van der Waals surface area contributed by atoms with Gasteiger partial charge in [0.1, 0.15) is 0 Å². The zero-order chi connectivity index (χ0) is 9.84. The fraction of sp³-hybridized carbons (Fsp3) is 0.400. The van der Waals surface area contributed by atoms with Crippen LogP contribution in [0.2, 0.25) is 0 Å². The van der Waals surface area contributed by atoms with Gasteiger partial charge in [-0.05, 0) is 24.1 Å². The fourth-order valence-electron chi connectivity index (χ4n) is 1.32. The molecule has 1 aromatic carbocycles. The lowest BCUT2D eigenvalue weighted by molar-refractivity contribution is 0.708. The van der Waals surface area contributed by atoms with E-state index < -0.39 is 0 Å². The van der Waals surface area contributed by atoms with Crippen LogP contribution in [0.5, 0.6) is 0 Å². The maximum Gasteiger partial charge on any atom is 0.0343 e. The zero-order valence-corrected chi connectivity index (χ0v) is 7.96. The molecule has 6 N–H and O–H groups in total. The Kier molecular flexibility index (Phi) is 3.28. The van der Waals surface area contributed by atoms with Crippen LogP contribution < -0.4 is 17.2 Å². The Morgan fingerprint density at radius 2 is 1.85 bits per heavy atom. The van der Waals surface area contributed by atoms with Crippen LogP contribution in [0.25, 0.3) is 0 Å². The van der Waals surface area contributed by atoms with Crippen molar-refractivity contribution in [3.63, 3.8) is 0 Å². The Balaban J connectivity index is 2.95. The molecule has 0 amide bonds. The van der Waals surface area contributed by atoms with Crippen molar-refractivity contribution in [2.45, 2.75) is 12.8 Å².